The number of carbonyl (C=O) groups excluding carboxylic acids is 2. The number of carbonyl (C=O) groups is 2. The van der Waals surface area contributed by atoms with Gasteiger partial charge in [0.15, 0.2) is 11.6 Å². The van der Waals surface area contributed by atoms with Crippen LogP contribution in [0.4, 0.5) is 8.78 Å². The molecule has 2 aromatic rings. The number of rotatable bonds is 3. The minimum Gasteiger partial charge on any atom is -0.338 e. The van der Waals surface area contributed by atoms with Crippen LogP contribution in [0.3, 0.4) is 0 Å². The fourth-order valence-electron chi connectivity index (χ4n) is 4.14. The van der Waals surface area contributed by atoms with E-state index in [0.717, 1.165) is 25.0 Å². The lowest BCUT2D eigenvalue weighted by Crippen LogP contribution is -2.50. The highest BCUT2D eigenvalue weighted by Gasteiger charge is 2.49. The zero-order chi connectivity index (χ0) is 19.0. The van der Waals surface area contributed by atoms with Gasteiger partial charge in [0.1, 0.15) is 0 Å². The van der Waals surface area contributed by atoms with Gasteiger partial charge in [-0.2, -0.15) is 0 Å². The monoisotopic (exact) mass is 390 g/mol. The molecule has 4 rings (SSSR count). The molecule has 0 saturated carbocycles. The van der Waals surface area contributed by atoms with Crippen molar-refractivity contribution in [3.63, 3.8) is 0 Å². The van der Waals surface area contributed by atoms with Crippen molar-refractivity contribution in [1.29, 1.82) is 0 Å². The van der Waals surface area contributed by atoms with Gasteiger partial charge >= 0.3 is 0 Å². The molecule has 4 nitrogen and oxygen atoms in total. The molecule has 0 aliphatic carbocycles. The summed E-state index contributed by atoms with van der Waals surface area (Å²) in [6.07, 6.45) is 2.25. The lowest BCUT2D eigenvalue weighted by Gasteiger charge is -2.39. The summed E-state index contributed by atoms with van der Waals surface area (Å²) >= 11 is 1.41. The average molecular weight is 390 g/mol. The van der Waals surface area contributed by atoms with E-state index < -0.39 is 17.0 Å². The fourth-order valence-corrected chi connectivity index (χ4v) is 4.83. The second kappa shape index (κ2) is 7.03. The van der Waals surface area contributed by atoms with Gasteiger partial charge in [0.2, 0.25) is 5.91 Å². The highest BCUT2D eigenvalue weighted by atomic mass is 32.1. The van der Waals surface area contributed by atoms with E-state index in [1.807, 2.05) is 11.4 Å². The van der Waals surface area contributed by atoms with Crippen molar-refractivity contribution in [2.24, 2.45) is 5.41 Å². The minimum atomic E-state index is -0.903. The van der Waals surface area contributed by atoms with Crippen LogP contribution in [0.25, 0.3) is 0 Å². The summed E-state index contributed by atoms with van der Waals surface area (Å²) in [5, 5.41) is 1.87. The van der Waals surface area contributed by atoms with E-state index in [-0.39, 0.29) is 18.4 Å². The summed E-state index contributed by atoms with van der Waals surface area (Å²) in [5.41, 5.74) is 0.0211. The molecular weight excluding hydrogens is 370 g/mol. The van der Waals surface area contributed by atoms with Crippen molar-refractivity contribution in [1.82, 2.24) is 9.80 Å². The Morgan fingerprint density at radius 2 is 2.00 bits per heavy atom. The number of nitrogens with zero attached hydrogens (tertiary/aromatic N) is 2. The van der Waals surface area contributed by atoms with Crippen LogP contribution in [0.1, 0.15) is 34.5 Å². The van der Waals surface area contributed by atoms with Gasteiger partial charge in [-0.25, -0.2) is 8.78 Å². The molecule has 0 radical (unpaired) electrons. The lowest BCUT2D eigenvalue weighted by molar-refractivity contribution is -0.146. The molecule has 2 saturated heterocycles. The van der Waals surface area contributed by atoms with E-state index in [2.05, 4.69) is 0 Å². The minimum absolute atomic E-state index is 0.0139. The first-order valence-corrected chi connectivity index (χ1v) is 9.93. The Morgan fingerprint density at radius 1 is 1.15 bits per heavy atom. The number of amides is 2. The molecule has 2 fully saturated rings. The quantitative estimate of drug-likeness (QED) is 0.802. The van der Waals surface area contributed by atoms with Crippen LogP contribution in [0.5, 0.6) is 0 Å². The van der Waals surface area contributed by atoms with Crippen LogP contribution in [0.2, 0.25) is 0 Å². The SMILES string of the molecule is O=C(c1cccs1)N1CC[C@@]2(CCCN(Cc3ccc(F)c(F)c3)C2=O)C1. The summed E-state index contributed by atoms with van der Waals surface area (Å²) < 4.78 is 26.6. The zero-order valence-corrected chi connectivity index (χ0v) is 15.6. The first kappa shape index (κ1) is 18.1. The first-order chi connectivity index (χ1) is 13.0. The molecule has 142 valence electrons. The summed E-state index contributed by atoms with van der Waals surface area (Å²) in [7, 11) is 0. The van der Waals surface area contributed by atoms with Crippen molar-refractivity contribution in [3.8, 4) is 0 Å². The summed E-state index contributed by atoms with van der Waals surface area (Å²) in [6.45, 7) is 1.85. The van der Waals surface area contributed by atoms with E-state index in [0.29, 0.717) is 36.5 Å². The maximum absolute atomic E-state index is 13.5. The molecule has 1 aromatic heterocycles. The van der Waals surface area contributed by atoms with E-state index in [4.69, 9.17) is 0 Å². The number of halogens is 2. The van der Waals surface area contributed by atoms with Gasteiger partial charge in [-0.3, -0.25) is 9.59 Å². The Hall–Kier alpha value is -2.28. The van der Waals surface area contributed by atoms with Crippen LogP contribution in [-0.2, 0) is 11.3 Å². The summed E-state index contributed by atoms with van der Waals surface area (Å²) in [4.78, 5) is 30.0. The lowest BCUT2D eigenvalue weighted by atomic mass is 9.78. The van der Waals surface area contributed by atoms with Crippen molar-refractivity contribution in [3.05, 3.63) is 57.8 Å². The molecule has 1 spiro atoms. The molecule has 1 atom stereocenters. The molecular formula is C20H20F2N2O2S. The van der Waals surface area contributed by atoms with Gasteiger partial charge in [0.05, 0.1) is 10.3 Å². The average Bonchev–Trinajstić information content (AvgIpc) is 3.33. The van der Waals surface area contributed by atoms with E-state index in [1.165, 1.54) is 17.4 Å². The normalized spacial score (nSPS) is 22.7. The van der Waals surface area contributed by atoms with E-state index >= 15 is 0 Å². The number of likely N-dealkylation sites (tertiary alicyclic amines) is 2. The summed E-state index contributed by atoms with van der Waals surface area (Å²) in [5.74, 6) is -1.80. The standard InChI is InChI=1S/C20H20F2N2O2S/c21-15-5-4-14(11-16(15)22)12-23-8-2-6-20(19(23)26)7-9-24(13-20)18(25)17-3-1-10-27-17/h1,3-5,10-11H,2,6-9,12-13H2/t20-/m0/s1. The van der Waals surface area contributed by atoms with Crippen molar-refractivity contribution >= 4 is 23.2 Å². The molecule has 3 heterocycles. The molecule has 27 heavy (non-hydrogen) atoms. The van der Waals surface area contributed by atoms with Gasteiger partial charge in [0, 0.05) is 26.2 Å². The van der Waals surface area contributed by atoms with Crippen LogP contribution in [-0.4, -0.2) is 41.2 Å². The van der Waals surface area contributed by atoms with Crippen molar-refractivity contribution < 1.29 is 18.4 Å². The summed E-state index contributed by atoms with van der Waals surface area (Å²) in [6, 6.07) is 7.39. The van der Waals surface area contributed by atoms with Crippen LogP contribution >= 0.6 is 11.3 Å². The Kier molecular flexibility index (Phi) is 4.72. The zero-order valence-electron chi connectivity index (χ0n) is 14.8. The molecule has 7 heteroatoms. The highest BCUT2D eigenvalue weighted by Crippen LogP contribution is 2.41. The number of piperidine rings is 1. The third-order valence-corrected chi connectivity index (χ3v) is 6.41. The molecule has 0 bridgehead atoms. The number of hydrogen-bond acceptors (Lipinski definition) is 3. The first-order valence-electron chi connectivity index (χ1n) is 9.05. The molecule has 0 N–H and O–H groups in total. The van der Waals surface area contributed by atoms with Crippen molar-refractivity contribution in [2.45, 2.75) is 25.8 Å². The second-order valence-electron chi connectivity index (χ2n) is 7.31. The topological polar surface area (TPSA) is 40.6 Å². The Balaban J connectivity index is 1.48. The van der Waals surface area contributed by atoms with Gasteiger partial charge in [0.25, 0.3) is 5.91 Å². The number of hydrogen-bond donors (Lipinski definition) is 0. The smallest absolute Gasteiger partial charge is 0.263 e. The molecule has 2 aliphatic rings. The van der Waals surface area contributed by atoms with Crippen molar-refractivity contribution in [2.75, 3.05) is 19.6 Å². The van der Waals surface area contributed by atoms with Crippen LogP contribution in [0.15, 0.2) is 35.7 Å². The van der Waals surface area contributed by atoms with E-state index in [9.17, 15) is 18.4 Å². The second-order valence-corrected chi connectivity index (χ2v) is 8.26. The third-order valence-electron chi connectivity index (χ3n) is 5.55. The fraction of sp³-hybridized carbons (Fsp3) is 0.400. The number of benzene rings is 1. The van der Waals surface area contributed by atoms with E-state index in [1.54, 1.807) is 15.9 Å². The maximum atomic E-state index is 13.5. The van der Waals surface area contributed by atoms with Gasteiger partial charge in [-0.1, -0.05) is 12.1 Å². The number of thiophene rings is 1. The molecule has 0 unspecified atom stereocenters. The largest absolute Gasteiger partial charge is 0.338 e. The van der Waals surface area contributed by atoms with Gasteiger partial charge < -0.3 is 9.80 Å². The van der Waals surface area contributed by atoms with Crippen LogP contribution in [0, 0.1) is 17.0 Å². The predicted octanol–water partition coefficient (Wildman–Crippen LogP) is 3.68. The van der Waals surface area contributed by atoms with Crippen LogP contribution < -0.4 is 0 Å². The predicted molar refractivity (Wildman–Crippen MR) is 98.3 cm³/mol. The Bertz CT molecular complexity index is 871. The Morgan fingerprint density at radius 3 is 2.74 bits per heavy atom. The maximum Gasteiger partial charge on any atom is 0.263 e. The molecule has 1 aromatic carbocycles. The highest BCUT2D eigenvalue weighted by molar-refractivity contribution is 7.12. The van der Waals surface area contributed by atoms with Gasteiger partial charge in [-0.15, -0.1) is 11.3 Å². The Labute approximate surface area is 160 Å². The molecule has 2 aliphatic heterocycles. The molecule has 2 amide bonds. The third kappa shape index (κ3) is 3.36. The van der Waals surface area contributed by atoms with Gasteiger partial charge in [-0.05, 0) is 48.4 Å².